The number of hydrogen-bond acceptors (Lipinski definition) is 2. The Balaban J connectivity index is 1.91. The van der Waals surface area contributed by atoms with Gasteiger partial charge in [0.25, 0.3) is 0 Å². The molecule has 0 spiro atoms. The van der Waals surface area contributed by atoms with Gasteiger partial charge in [-0.15, -0.1) is 0 Å². The molecule has 0 unspecified atom stereocenters. The molecule has 0 saturated heterocycles. The van der Waals surface area contributed by atoms with Crippen molar-refractivity contribution in [3.8, 4) is 0 Å². The van der Waals surface area contributed by atoms with Crippen LogP contribution in [-0.2, 0) is 4.74 Å². The van der Waals surface area contributed by atoms with E-state index in [1.165, 1.54) is 44.4 Å². The highest BCUT2D eigenvalue weighted by Gasteiger charge is 2.08. The van der Waals surface area contributed by atoms with E-state index in [0.717, 1.165) is 32.7 Å². The van der Waals surface area contributed by atoms with Crippen LogP contribution in [0.5, 0.6) is 0 Å². The summed E-state index contributed by atoms with van der Waals surface area (Å²) in [6.45, 7) is 6.18. The van der Waals surface area contributed by atoms with Crippen LogP contribution in [-0.4, -0.2) is 32.1 Å². The zero-order valence-corrected chi connectivity index (χ0v) is 10.7. The lowest BCUT2D eigenvalue weighted by molar-refractivity contribution is -0.459. The molecule has 1 rings (SSSR count). The molecule has 1 aliphatic rings. The van der Waals surface area contributed by atoms with E-state index in [1.54, 1.807) is 0 Å². The SMILES string of the molecule is CCCCOCCCNC1=[NH+]CCCCC1. The molecule has 0 fully saturated rings. The van der Waals surface area contributed by atoms with Crippen molar-refractivity contribution in [2.75, 3.05) is 26.3 Å². The summed E-state index contributed by atoms with van der Waals surface area (Å²) in [5, 5.41) is 3.48. The van der Waals surface area contributed by atoms with Crippen LogP contribution in [0.3, 0.4) is 0 Å². The zero-order chi connectivity index (χ0) is 11.5. The molecule has 0 radical (unpaired) electrons. The normalized spacial score (nSPS) is 16.7. The van der Waals surface area contributed by atoms with Crippen LogP contribution in [0.15, 0.2) is 0 Å². The van der Waals surface area contributed by atoms with Gasteiger partial charge >= 0.3 is 0 Å². The molecular formula is C13H27N2O+. The summed E-state index contributed by atoms with van der Waals surface area (Å²) in [7, 11) is 0. The van der Waals surface area contributed by atoms with Gasteiger partial charge in [-0.3, -0.25) is 10.3 Å². The molecule has 0 saturated carbocycles. The molecule has 0 bridgehead atoms. The Labute approximate surface area is 99.7 Å². The lowest BCUT2D eigenvalue weighted by Gasteiger charge is -2.03. The lowest BCUT2D eigenvalue weighted by atomic mass is 10.2. The predicted octanol–water partition coefficient (Wildman–Crippen LogP) is 0.836. The topological polar surface area (TPSA) is 35.2 Å². The van der Waals surface area contributed by atoms with Crippen molar-refractivity contribution < 1.29 is 9.73 Å². The van der Waals surface area contributed by atoms with Crippen LogP contribution in [0.4, 0.5) is 0 Å². The molecule has 1 heterocycles. The third-order valence-corrected chi connectivity index (χ3v) is 2.89. The predicted molar refractivity (Wildman–Crippen MR) is 67.7 cm³/mol. The lowest BCUT2D eigenvalue weighted by Crippen LogP contribution is -2.75. The quantitative estimate of drug-likeness (QED) is 0.632. The van der Waals surface area contributed by atoms with E-state index in [4.69, 9.17) is 4.74 Å². The van der Waals surface area contributed by atoms with Gasteiger partial charge in [0.2, 0.25) is 5.84 Å². The fourth-order valence-corrected chi connectivity index (χ4v) is 1.84. The number of nitrogens with one attached hydrogen (secondary N) is 2. The second kappa shape index (κ2) is 9.64. The Hall–Kier alpha value is -0.570. The molecule has 16 heavy (non-hydrogen) atoms. The van der Waals surface area contributed by atoms with Gasteiger partial charge in [-0.1, -0.05) is 13.3 Å². The molecule has 94 valence electrons. The average Bonchev–Trinajstić information content (AvgIpc) is 2.56. The number of ether oxygens (including phenoxy) is 1. The maximum absolute atomic E-state index is 5.52. The summed E-state index contributed by atoms with van der Waals surface area (Å²) in [5.74, 6) is 1.34. The van der Waals surface area contributed by atoms with Crippen LogP contribution >= 0.6 is 0 Å². The Bertz CT molecular complexity index is 192. The third kappa shape index (κ3) is 6.83. The molecule has 0 amide bonds. The second-order valence-corrected chi connectivity index (χ2v) is 4.46. The van der Waals surface area contributed by atoms with E-state index in [0.29, 0.717) is 0 Å². The van der Waals surface area contributed by atoms with E-state index in [-0.39, 0.29) is 0 Å². The van der Waals surface area contributed by atoms with Gasteiger partial charge in [0.05, 0.1) is 19.7 Å². The molecule has 0 aliphatic carbocycles. The Morgan fingerprint density at radius 1 is 1.19 bits per heavy atom. The van der Waals surface area contributed by atoms with Crippen molar-refractivity contribution in [3.05, 3.63) is 0 Å². The van der Waals surface area contributed by atoms with Crippen LogP contribution in [0.2, 0.25) is 0 Å². The van der Waals surface area contributed by atoms with Gasteiger partial charge in [-0.05, 0) is 25.7 Å². The largest absolute Gasteiger partial charge is 0.381 e. The van der Waals surface area contributed by atoms with Crippen LogP contribution < -0.4 is 10.3 Å². The summed E-state index contributed by atoms with van der Waals surface area (Å²) in [4.78, 5) is 3.46. The van der Waals surface area contributed by atoms with Crippen LogP contribution in [0.1, 0.15) is 51.9 Å². The van der Waals surface area contributed by atoms with Gasteiger partial charge in [0, 0.05) is 19.4 Å². The maximum Gasteiger partial charge on any atom is 0.242 e. The first-order valence-corrected chi connectivity index (χ1v) is 6.85. The highest BCUT2D eigenvalue weighted by atomic mass is 16.5. The number of rotatable bonds is 7. The van der Waals surface area contributed by atoms with Crippen molar-refractivity contribution in [3.63, 3.8) is 0 Å². The van der Waals surface area contributed by atoms with E-state index >= 15 is 0 Å². The Morgan fingerprint density at radius 2 is 2.06 bits per heavy atom. The molecule has 2 N–H and O–H groups in total. The second-order valence-electron chi connectivity index (χ2n) is 4.46. The number of hydrogen-bond donors (Lipinski definition) is 2. The van der Waals surface area contributed by atoms with Crippen LogP contribution in [0, 0.1) is 0 Å². The van der Waals surface area contributed by atoms with E-state index in [1.807, 2.05) is 0 Å². The van der Waals surface area contributed by atoms with Crippen molar-refractivity contribution in [2.24, 2.45) is 0 Å². The van der Waals surface area contributed by atoms with Crippen LogP contribution in [0.25, 0.3) is 0 Å². The number of amidine groups is 1. The fraction of sp³-hybridized carbons (Fsp3) is 0.923. The van der Waals surface area contributed by atoms with Gasteiger partial charge in [0.1, 0.15) is 0 Å². The van der Waals surface area contributed by atoms with E-state index < -0.39 is 0 Å². The molecule has 0 aromatic heterocycles. The van der Waals surface area contributed by atoms with Crippen molar-refractivity contribution in [1.29, 1.82) is 0 Å². The minimum atomic E-state index is 0.889. The molecule has 0 aromatic rings. The van der Waals surface area contributed by atoms with E-state index in [9.17, 15) is 0 Å². The highest BCUT2D eigenvalue weighted by Crippen LogP contribution is 1.99. The number of unbranched alkanes of at least 4 members (excludes halogenated alkanes) is 1. The molecular weight excluding hydrogens is 200 g/mol. The summed E-state index contributed by atoms with van der Waals surface area (Å²) < 4.78 is 5.52. The minimum absolute atomic E-state index is 0.889. The molecule has 0 aromatic carbocycles. The minimum Gasteiger partial charge on any atom is -0.381 e. The monoisotopic (exact) mass is 227 g/mol. The van der Waals surface area contributed by atoms with Gasteiger partial charge < -0.3 is 4.74 Å². The average molecular weight is 227 g/mol. The molecule has 0 atom stereocenters. The first kappa shape index (κ1) is 13.5. The first-order valence-electron chi connectivity index (χ1n) is 6.85. The summed E-state index contributed by atoms with van der Waals surface area (Å²) in [6.07, 6.45) is 8.70. The Morgan fingerprint density at radius 3 is 2.94 bits per heavy atom. The first-order chi connectivity index (χ1) is 7.93. The summed E-state index contributed by atoms with van der Waals surface area (Å²) >= 11 is 0. The molecule has 3 heteroatoms. The molecule has 1 aliphatic heterocycles. The molecule has 3 nitrogen and oxygen atoms in total. The fourth-order valence-electron chi connectivity index (χ4n) is 1.84. The third-order valence-electron chi connectivity index (χ3n) is 2.89. The maximum atomic E-state index is 5.52. The van der Waals surface area contributed by atoms with Crippen molar-refractivity contribution in [2.45, 2.75) is 51.9 Å². The smallest absolute Gasteiger partial charge is 0.242 e. The zero-order valence-electron chi connectivity index (χ0n) is 10.7. The Kier molecular flexibility index (Phi) is 8.13. The summed E-state index contributed by atoms with van der Waals surface area (Å²) in [5.41, 5.74) is 0. The van der Waals surface area contributed by atoms with Gasteiger partial charge in [-0.25, -0.2) is 0 Å². The summed E-state index contributed by atoms with van der Waals surface area (Å²) in [6, 6.07) is 0. The standard InChI is InChI=1S/C13H26N2O/c1-2-3-11-16-12-7-10-15-13-8-5-4-6-9-14-13/h2-12H2,1H3,(H,14,15)/p+1. The van der Waals surface area contributed by atoms with E-state index in [2.05, 4.69) is 17.2 Å². The highest BCUT2D eigenvalue weighted by molar-refractivity contribution is 5.76. The van der Waals surface area contributed by atoms with Gasteiger partial charge in [-0.2, -0.15) is 0 Å². The van der Waals surface area contributed by atoms with Crippen molar-refractivity contribution in [1.82, 2.24) is 5.32 Å². The van der Waals surface area contributed by atoms with Crippen molar-refractivity contribution >= 4 is 5.84 Å². The van der Waals surface area contributed by atoms with Gasteiger partial charge in [0.15, 0.2) is 0 Å².